The zero-order chi connectivity index (χ0) is 11.8. The summed E-state index contributed by atoms with van der Waals surface area (Å²) in [4.78, 5) is 0.197. The molecule has 0 aliphatic rings. The van der Waals surface area contributed by atoms with Crippen LogP contribution in [0.3, 0.4) is 0 Å². The number of halogens is 4. The Morgan fingerprint density at radius 1 is 1.27 bits per heavy atom. The Labute approximate surface area is 93.8 Å². The van der Waals surface area contributed by atoms with E-state index in [1.54, 1.807) is 12.5 Å². The molecule has 6 heteroatoms. The quantitative estimate of drug-likeness (QED) is 0.584. The molecule has 1 aromatic carbocycles. The highest BCUT2D eigenvalue weighted by atomic mass is 35.5. The van der Waals surface area contributed by atoms with Crippen LogP contribution >= 0.6 is 22.5 Å². The molecule has 86 valence electrons. The highest BCUT2D eigenvalue weighted by molar-refractivity contribution is 8.15. The Kier molecular flexibility index (Phi) is 3.45. The zero-order valence-corrected chi connectivity index (χ0v) is 9.84. The lowest BCUT2D eigenvalue weighted by molar-refractivity contribution is -0.139. The lowest BCUT2D eigenvalue weighted by Crippen LogP contribution is -2.09. The molecular weight excluding hydrogens is 247 g/mol. The first-order chi connectivity index (χ1) is 6.73. The monoisotopic (exact) mass is 257 g/mol. The van der Waals surface area contributed by atoms with Crippen LogP contribution in [0.25, 0.3) is 0 Å². The van der Waals surface area contributed by atoms with Gasteiger partial charge in [0.25, 0.3) is 0 Å². The predicted octanol–water partition coefficient (Wildman–Crippen LogP) is 3.56. The molecule has 0 radical (unpaired) electrons. The Morgan fingerprint density at radius 2 is 1.80 bits per heavy atom. The second-order valence-corrected chi connectivity index (χ2v) is 5.97. The molecule has 0 atom stereocenters. The summed E-state index contributed by atoms with van der Waals surface area (Å²) in [6.07, 6.45) is -0.960. The Morgan fingerprint density at radius 3 is 2.20 bits per heavy atom. The minimum absolute atomic E-state index is 0.197. The van der Waals surface area contributed by atoms with Gasteiger partial charge in [-0.05, 0) is 24.6 Å². The summed E-state index contributed by atoms with van der Waals surface area (Å²) in [5.74, 6) is 0. The molecule has 0 amide bonds. The van der Waals surface area contributed by atoms with Crippen LogP contribution in [0.1, 0.15) is 5.56 Å². The summed E-state index contributed by atoms with van der Waals surface area (Å²) in [5, 5.41) is -0.325. The number of nitrogen functional groups attached to an aromatic ring is 1. The van der Waals surface area contributed by atoms with Gasteiger partial charge >= 0.3 is 6.18 Å². The molecule has 0 heterocycles. The van der Waals surface area contributed by atoms with E-state index in [4.69, 9.17) is 17.3 Å². The van der Waals surface area contributed by atoms with E-state index in [-0.39, 0.29) is 15.6 Å². The average molecular weight is 258 g/mol. The fraction of sp³-hybridized carbons (Fsp3) is 0.333. The molecule has 0 aliphatic carbocycles. The van der Waals surface area contributed by atoms with Crippen molar-refractivity contribution in [2.24, 2.45) is 0 Å². The summed E-state index contributed by atoms with van der Waals surface area (Å²) < 4.78 is 38.1. The summed E-state index contributed by atoms with van der Waals surface area (Å²) in [6, 6.07) is 2.48. The van der Waals surface area contributed by atoms with Crippen LogP contribution in [-0.4, -0.2) is 12.5 Å². The van der Waals surface area contributed by atoms with Gasteiger partial charge in [0, 0.05) is 10.6 Å². The molecule has 1 nitrogen and oxygen atoms in total. The zero-order valence-electron chi connectivity index (χ0n) is 8.19. The Balaban J connectivity index is 3.48. The van der Waals surface area contributed by atoms with E-state index >= 15 is 0 Å². The molecule has 2 N–H and O–H groups in total. The van der Waals surface area contributed by atoms with Crippen molar-refractivity contribution in [2.75, 3.05) is 18.2 Å². The first-order valence-corrected chi connectivity index (χ1v) is 6.68. The summed E-state index contributed by atoms with van der Waals surface area (Å²) in [6.45, 7) is 0. The van der Waals surface area contributed by atoms with E-state index in [0.29, 0.717) is 0 Å². The van der Waals surface area contributed by atoms with Crippen molar-refractivity contribution in [1.29, 1.82) is 0 Å². The summed E-state index contributed by atoms with van der Waals surface area (Å²) in [5.41, 5.74) is 4.98. The third-order valence-corrected chi connectivity index (χ3v) is 3.47. The molecule has 0 saturated carbocycles. The van der Waals surface area contributed by atoms with Crippen LogP contribution in [0.2, 0.25) is 5.02 Å². The van der Waals surface area contributed by atoms with Crippen LogP contribution in [0, 0.1) is 0 Å². The van der Waals surface area contributed by atoms with Gasteiger partial charge in [0.2, 0.25) is 0 Å². The predicted molar refractivity (Wildman–Crippen MR) is 60.0 cm³/mol. The van der Waals surface area contributed by atoms with Crippen molar-refractivity contribution in [2.45, 2.75) is 11.1 Å². The highest BCUT2D eigenvalue weighted by Crippen LogP contribution is 2.45. The van der Waals surface area contributed by atoms with E-state index in [1.807, 2.05) is 0 Å². The Hall–Kier alpha value is -0.550. The maximum Gasteiger partial charge on any atom is 0.418 e. The standard InChI is InChI=1S/C9H11ClF3NS/c1-15(2)7-4-5(14)3-6(10)8(7)9(11,12)13/h3-4,15H,14H2,1-2H3. The van der Waals surface area contributed by atoms with Crippen LogP contribution in [-0.2, 0) is 6.18 Å². The number of nitrogens with two attached hydrogens (primary N) is 1. The van der Waals surface area contributed by atoms with Gasteiger partial charge in [-0.1, -0.05) is 11.6 Å². The van der Waals surface area contributed by atoms with Crippen molar-refractivity contribution in [3.8, 4) is 0 Å². The Bertz CT molecular complexity index is 376. The van der Waals surface area contributed by atoms with Gasteiger partial charge < -0.3 is 5.73 Å². The van der Waals surface area contributed by atoms with E-state index in [9.17, 15) is 13.2 Å². The first kappa shape index (κ1) is 12.5. The van der Waals surface area contributed by atoms with Crippen LogP contribution < -0.4 is 5.73 Å². The topological polar surface area (TPSA) is 26.0 Å². The third-order valence-electron chi connectivity index (χ3n) is 1.86. The smallest absolute Gasteiger partial charge is 0.399 e. The second-order valence-electron chi connectivity index (χ2n) is 3.29. The summed E-state index contributed by atoms with van der Waals surface area (Å²) in [7, 11) is -0.897. The maximum atomic E-state index is 12.7. The number of rotatable bonds is 1. The number of benzene rings is 1. The second kappa shape index (κ2) is 4.14. The van der Waals surface area contributed by atoms with Gasteiger partial charge in [-0.25, -0.2) is 10.9 Å². The number of alkyl halides is 3. The summed E-state index contributed by atoms with van der Waals surface area (Å²) >= 11 is 5.57. The van der Waals surface area contributed by atoms with Gasteiger partial charge in [-0.2, -0.15) is 13.2 Å². The van der Waals surface area contributed by atoms with Gasteiger partial charge in [0.05, 0.1) is 10.6 Å². The maximum absolute atomic E-state index is 12.7. The van der Waals surface area contributed by atoms with Gasteiger partial charge in [0.1, 0.15) is 0 Å². The van der Waals surface area contributed by atoms with Crippen molar-refractivity contribution in [3.63, 3.8) is 0 Å². The molecule has 0 aromatic heterocycles. The molecule has 0 spiro atoms. The van der Waals surface area contributed by atoms with Crippen molar-refractivity contribution < 1.29 is 13.2 Å². The van der Waals surface area contributed by atoms with Crippen LogP contribution in [0.15, 0.2) is 17.0 Å². The first-order valence-electron chi connectivity index (χ1n) is 4.07. The van der Waals surface area contributed by atoms with Crippen molar-refractivity contribution in [1.82, 2.24) is 0 Å². The molecule has 1 rings (SSSR count). The lowest BCUT2D eigenvalue weighted by atomic mass is 10.2. The number of thiol groups is 1. The largest absolute Gasteiger partial charge is 0.418 e. The minimum Gasteiger partial charge on any atom is -0.399 e. The molecule has 0 saturated heterocycles. The third kappa shape index (κ3) is 2.72. The molecule has 15 heavy (non-hydrogen) atoms. The lowest BCUT2D eigenvalue weighted by Gasteiger charge is -2.19. The van der Waals surface area contributed by atoms with Crippen molar-refractivity contribution in [3.05, 3.63) is 22.7 Å². The van der Waals surface area contributed by atoms with Crippen LogP contribution in [0.4, 0.5) is 18.9 Å². The fourth-order valence-electron chi connectivity index (χ4n) is 1.25. The number of hydrogen-bond donors (Lipinski definition) is 2. The van der Waals surface area contributed by atoms with Gasteiger partial charge in [-0.15, -0.1) is 0 Å². The van der Waals surface area contributed by atoms with E-state index in [1.165, 1.54) is 6.07 Å². The SMILES string of the molecule is C[SH](C)c1cc(N)cc(Cl)c1C(F)(F)F. The molecule has 0 aliphatic heterocycles. The van der Waals surface area contributed by atoms with E-state index < -0.39 is 22.6 Å². The number of anilines is 1. The van der Waals surface area contributed by atoms with Gasteiger partial charge in [-0.3, -0.25) is 0 Å². The number of hydrogen-bond acceptors (Lipinski definition) is 1. The molecule has 1 aromatic rings. The highest BCUT2D eigenvalue weighted by Gasteiger charge is 2.36. The van der Waals surface area contributed by atoms with Crippen molar-refractivity contribution >= 4 is 28.2 Å². The molecule has 0 bridgehead atoms. The van der Waals surface area contributed by atoms with E-state index in [0.717, 1.165) is 6.07 Å². The normalized spacial score (nSPS) is 12.8. The average Bonchev–Trinajstić information content (AvgIpc) is 1.99. The van der Waals surface area contributed by atoms with Gasteiger partial charge in [0.15, 0.2) is 0 Å². The molecular formula is C9H11ClF3NS. The molecule has 0 unspecified atom stereocenters. The minimum atomic E-state index is -4.42. The molecule has 0 fully saturated rings. The van der Waals surface area contributed by atoms with E-state index in [2.05, 4.69) is 0 Å². The van der Waals surface area contributed by atoms with Crippen LogP contribution in [0.5, 0.6) is 0 Å². The fourth-order valence-corrected chi connectivity index (χ4v) is 2.75.